The Kier molecular flexibility index (Phi) is 2.25. The third-order valence-corrected chi connectivity index (χ3v) is 2.74. The number of hydrogen-bond acceptors (Lipinski definition) is 4. The molecule has 14 heavy (non-hydrogen) atoms. The lowest BCUT2D eigenvalue weighted by molar-refractivity contribution is 0.462. The second kappa shape index (κ2) is 3.29. The van der Waals surface area contributed by atoms with E-state index in [2.05, 4.69) is 25.3 Å². The zero-order valence-corrected chi connectivity index (χ0v) is 8.89. The van der Waals surface area contributed by atoms with Crippen molar-refractivity contribution < 1.29 is 10.2 Å². The topological polar surface area (TPSA) is 40.5 Å². The molecule has 0 spiro atoms. The summed E-state index contributed by atoms with van der Waals surface area (Å²) < 4.78 is 0. The molecule has 2 aromatic rings. The number of phenols is 2. The molecule has 0 saturated heterocycles. The van der Waals surface area contributed by atoms with Crippen LogP contribution in [0.1, 0.15) is 0 Å². The molecule has 2 aromatic carbocycles. The predicted molar refractivity (Wildman–Crippen MR) is 61.8 cm³/mol. The minimum absolute atomic E-state index is 0.104. The molecule has 0 saturated carbocycles. The summed E-state index contributed by atoms with van der Waals surface area (Å²) in [6, 6.07) is 6.58. The smallest absolute Gasteiger partial charge is 0.129 e. The van der Waals surface area contributed by atoms with Crippen LogP contribution in [0.4, 0.5) is 0 Å². The van der Waals surface area contributed by atoms with E-state index in [9.17, 15) is 10.2 Å². The number of hydrogen-bond donors (Lipinski definition) is 4. The first-order chi connectivity index (χ1) is 6.58. The van der Waals surface area contributed by atoms with Crippen molar-refractivity contribution >= 4 is 36.0 Å². The van der Waals surface area contributed by atoms with Crippen LogP contribution in [-0.4, -0.2) is 10.2 Å². The Morgan fingerprint density at radius 1 is 0.714 bits per heavy atom. The van der Waals surface area contributed by atoms with Crippen LogP contribution < -0.4 is 0 Å². The summed E-state index contributed by atoms with van der Waals surface area (Å²) in [6.45, 7) is 0. The van der Waals surface area contributed by atoms with Crippen molar-refractivity contribution in [1.29, 1.82) is 0 Å². The zero-order valence-electron chi connectivity index (χ0n) is 7.10. The van der Waals surface area contributed by atoms with E-state index in [-0.39, 0.29) is 11.5 Å². The van der Waals surface area contributed by atoms with Gasteiger partial charge in [-0.05, 0) is 35.0 Å². The number of fused-ring (bicyclic) bond motifs is 1. The largest absolute Gasteiger partial charge is 0.507 e. The Morgan fingerprint density at radius 3 is 1.50 bits per heavy atom. The fraction of sp³-hybridized carbons (Fsp3) is 0. The van der Waals surface area contributed by atoms with Crippen LogP contribution in [-0.2, 0) is 0 Å². The molecule has 0 radical (unpaired) electrons. The van der Waals surface area contributed by atoms with Crippen LogP contribution in [0.15, 0.2) is 34.1 Å². The molecule has 0 bridgehead atoms. The third-order valence-electron chi connectivity index (χ3n) is 2.03. The van der Waals surface area contributed by atoms with Gasteiger partial charge in [-0.1, -0.05) is 0 Å². The van der Waals surface area contributed by atoms with E-state index in [0.29, 0.717) is 9.79 Å². The van der Waals surface area contributed by atoms with Crippen LogP contribution in [0, 0.1) is 0 Å². The lowest BCUT2D eigenvalue weighted by Gasteiger charge is -2.04. The fourth-order valence-corrected chi connectivity index (χ4v) is 1.71. The Bertz CT molecular complexity index is 420. The maximum absolute atomic E-state index is 9.40. The number of rotatable bonds is 0. The Hall–Kier alpha value is -1.00. The summed E-state index contributed by atoms with van der Waals surface area (Å²) in [5.41, 5.74) is 0. The van der Waals surface area contributed by atoms with E-state index in [1.165, 1.54) is 0 Å². The highest BCUT2D eigenvalue weighted by atomic mass is 32.1. The van der Waals surface area contributed by atoms with Crippen molar-refractivity contribution in [3.05, 3.63) is 24.3 Å². The van der Waals surface area contributed by atoms with Gasteiger partial charge in [0.1, 0.15) is 11.5 Å². The van der Waals surface area contributed by atoms with E-state index in [1.54, 1.807) is 24.3 Å². The molecule has 0 fully saturated rings. The molecule has 72 valence electrons. The van der Waals surface area contributed by atoms with Crippen molar-refractivity contribution in [3.8, 4) is 11.5 Å². The molecule has 0 unspecified atom stereocenters. The lowest BCUT2D eigenvalue weighted by atomic mass is 10.1. The number of benzene rings is 2. The first-order valence-corrected chi connectivity index (χ1v) is 4.85. The third kappa shape index (κ3) is 1.51. The fourth-order valence-electron chi connectivity index (χ4n) is 1.30. The van der Waals surface area contributed by atoms with Gasteiger partial charge >= 0.3 is 0 Å². The SMILES string of the molecule is Oc1cc2cc(O)c(S)cc2cc1S. The number of phenolic OH excluding ortho intramolecular Hbond substituents is 2. The number of thiol groups is 2. The van der Waals surface area contributed by atoms with Crippen molar-refractivity contribution in [3.63, 3.8) is 0 Å². The Balaban J connectivity index is 2.83. The van der Waals surface area contributed by atoms with Crippen LogP contribution in [0.3, 0.4) is 0 Å². The van der Waals surface area contributed by atoms with Gasteiger partial charge in [0.25, 0.3) is 0 Å². The van der Waals surface area contributed by atoms with Crippen LogP contribution in [0.5, 0.6) is 11.5 Å². The molecule has 0 atom stereocenters. The first kappa shape index (κ1) is 9.55. The molecule has 0 aliphatic heterocycles. The molecule has 4 heteroatoms. The van der Waals surface area contributed by atoms with E-state index in [0.717, 1.165) is 10.8 Å². The van der Waals surface area contributed by atoms with Crippen molar-refractivity contribution in [2.45, 2.75) is 9.79 Å². The van der Waals surface area contributed by atoms with Gasteiger partial charge in [0.15, 0.2) is 0 Å². The van der Waals surface area contributed by atoms with Gasteiger partial charge in [-0.25, -0.2) is 0 Å². The summed E-state index contributed by atoms with van der Waals surface area (Å²) in [7, 11) is 0. The van der Waals surface area contributed by atoms with Gasteiger partial charge in [0.2, 0.25) is 0 Å². The Labute approximate surface area is 92.0 Å². The molecule has 2 rings (SSSR count). The highest BCUT2D eigenvalue weighted by Crippen LogP contribution is 2.32. The molecule has 0 aliphatic carbocycles. The monoisotopic (exact) mass is 224 g/mol. The maximum Gasteiger partial charge on any atom is 0.129 e. The molecule has 2 N–H and O–H groups in total. The van der Waals surface area contributed by atoms with E-state index < -0.39 is 0 Å². The number of aromatic hydroxyl groups is 2. The van der Waals surface area contributed by atoms with Gasteiger partial charge in [0.05, 0.1) is 0 Å². The Morgan fingerprint density at radius 2 is 1.07 bits per heavy atom. The normalized spacial score (nSPS) is 10.7. The average molecular weight is 224 g/mol. The van der Waals surface area contributed by atoms with Gasteiger partial charge < -0.3 is 10.2 Å². The van der Waals surface area contributed by atoms with Crippen LogP contribution in [0.2, 0.25) is 0 Å². The summed E-state index contributed by atoms with van der Waals surface area (Å²) in [6.07, 6.45) is 0. The van der Waals surface area contributed by atoms with Gasteiger partial charge in [-0.2, -0.15) is 0 Å². The standard InChI is InChI=1S/C10H8O2S2/c11-7-1-5-2-8(12)10(14)4-6(5)3-9(7)13/h1-4,11-14H. The quantitative estimate of drug-likeness (QED) is 0.520. The molecule has 2 nitrogen and oxygen atoms in total. The first-order valence-electron chi connectivity index (χ1n) is 3.95. The predicted octanol–water partition coefficient (Wildman–Crippen LogP) is 2.83. The van der Waals surface area contributed by atoms with E-state index in [1.807, 2.05) is 0 Å². The lowest BCUT2D eigenvalue weighted by Crippen LogP contribution is -1.77. The summed E-state index contributed by atoms with van der Waals surface area (Å²) in [5, 5.41) is 20.4. The van der Waals surface area contributed by atoms with E-state index >= 15 is 0 Å². The highest BCUT2D eigenvalue weighted by Gasteiger charge is 2.04. The minimum atomic E-state index is 0.104. The summed E-state index contributed by atoms with van der Waals surface area (Å²) in [5.74, 6) is 0.208. The molecule has 0 aromatic heterocycles. The highest BCUT2D eigenvalue weighted by molar-refractivity contribution is 7.80. The molecule has 0 amide bonds. The van der Waals surface area contributed by atoms with Crippen molar-refractivity contribution in [2.75, 3.05) is 0 Å². The van der Waals surface area contributed by atoms with Crippen molar-refractivity contribution in [2.24, 2.45) is 0 Å². The summed E-state index contributed by atoms with van der Waals surface area (Å²) in [4.78, 5) is 1.02. The van der Waals surface area contributed by atoms with E-state index in [4.69, 9.17) is 0 Å². The van der Waals surface area contributed by atoms with Crippen LogP contribution >= 0.6 is 25.3 Å². The zero-order chi connectivity index (χ0) is 10.3. The minimum Gasteiger partial charge on any atom is -0.507 e. The van der Waals surface area contributed by atoms with Crippen LogP contribution in [0.25, 0.3) is 10.8 Å². The average Bonchev–Trinajstić information content (AvgIpc) is 2.11. The molecule has 0 heterocycles. The molecular weight excluding hydrogens is 216 g/mol. The van der Waals surface area contributed by atoms with Gasteiger partial charge in [-0.15, -0.1) is 25.3 Å². The van der Waals surface area contributed by atoms with Gasteiger partial charge in [-0.3, -0.25) is 0 Å². The summed E-state index contributed by atoms with van der Waals surface area (Å²) >= 11 is 8.19. The molecular formula is C10H8O2S2. The maximum atomic E-state index is 9.40. The molecule has 0 aliphatic rings. The van der Waals surface area contributed by atoms with Crippen molar-refractivity contribution in [1.82, 2.24) is 0 Å². The second-order valence-corrected chi connectivity index (χ2v) is 3.99. The van der Waals surface area contributed by atoms with Gasteiger partial charge in [0, 0.05) is 9.79 Å². The second-order valence-electron chi connectivity index (χ2n) is 3.03.